The monoisotopic (exact) mass is 554 g/mol. The van der Waals surface area contributed by atoms with Gasteiger partial charge in [-0.2, -0.15) is 0 Å². The van der Waals surface area contributed by atoms with Crippen LogP contribution in [-0.2, 0) is 9.53 Å². The zero-order chi connectivity index (χ0) is 28.3. The SMILES string of the molecule is CCC(CCCN(CC)c1c(F)cc2c(=O)c(C(=O)O)cn(-c3nc(N)c(F)cc3F)c2c1Cl)OC(C)=O. The lowest BCUT2D eigenvalue weighted by atomic mass is 10.1. The van der Waals surface area contributed by atoms with E-state index < -0.39 is 57.4 Å². The Labute approximate surface area is 220 Å². The molecule has 0 fully saturated rings. The van der Waals surface area contributed by atoms with E-state index in [-0.39, 0.29) is 35.4 Å². The van der Waals surface area contributed by atoms with Gasteiger partial charge in [0.2, 0.25) is 5.43 Å². The average molecular weight is 555 g/mol. The van der Waals surface area contributed by atoms with E-state index in [0.717, 1.165) is 16.8 Å². The molecule has 2 aromatic heterocycles. The fourth-order valence-corrected chi connectivity index (χ4v) is 4.58. The van der Waals surface area contributed by atoms with Gasteiger partial charge in [-0.25, -0.2) is 22.9 Å². The summed E-state index contributed by atoms with van der Waals surface area (Å²) in [5.41, 5.74) is 3.29. The predicted molar refractivity (Wildman–Crippen MR) is 137 cm³/mol. The molecule has 1 unspecified atom stereocenters. The highest BCUT2D eigenvalue weighted by molar-refractivity contribution is 6.38. The number of carboxylic acids is 1. The maximum absolute atomic E-state index is 15.4. The Kier molecular flexibility index (Phi) is 8.87. The Morgan fingerprint density at radius 2 is 1.89 bits per heavy atom. The van der Waals surface area contributed by atoms with Gasteiger partial charge in [-0.3, -0.25) is 14.2 Å². The molecule has 0 aliphatic rings. The molecule has 13 heteroatoms. The van der Waals surface area contributed by atoms with Crippen molar-refractivity contribution in [2.75, 3.05) is 23.7 Å². The largest absolute Gasteiger partial charge is 0.477 e. The number of carbonyl (C=O) groups excluding carboxylic acids is 1. The topological polar surface area (TPSA) is 128 Å². The lowest BCUT2D eigenvalue weighted by Gasteiger charge is -2.27. The Hall–Kier alpha value is -3.80. The summed E-state index contributed by atoms with van der Waals surface area (Å²) in [7, 11) is 0. The third-order valence-electron chi connectivity index (χ3n) is 5.99. The molecule has 204 valence electrons. The van der Waals surface area contributed by atoms with Crippen LogP contribution in [0.15, 0.2) is 23.1 Å². The first kappa shape index (κ1) is 28.8. The van der Waals surface area contributed by atoms with E-state index in [9.17, 15) is 28.3 Å². The van der Waals surface area contributed by atoms with Gasteiger partial charge in [0, 0.05) is 32.3 Å². The number of nitrogen functional groups attached to an aromatic ring is 1. The quantitative estimate of drug-likeness (QED) is 0.346. The number of nitrogens with zero attached hydrogens (tertiary/aromatic N) is 3. The Morgan fingerprint density at radius 1 is 1.21 bits per heavy atom. The minimum Gasteiger partial charge on any atom is -0.477 e. The molecule has 1 aromatic carbocycles. The number of hydrogen-bond acceptors (Lipinski definition) is 7. The number of carbonyl (C=O) groups is 2. The molecule has 9 nitrogen and oxygen atoms in total. The summed E-state index contributed by atoms with van der Waals surface area (Å²) in [6.07, 6.45) is 2.04. The van der Waals surface area contributed by atoms with Crippen LogP contribution in [0.5, 0.6) is 0 Å². The van der Waals surface area contributed by atoms with Crippen molar-refractivity contribution in [3.63, 3.8) is 0 Å². The highest BCUT2D eigenvalue weighted by Crippen LogP contribution is 2.37. The molecular weight excluding hydrogens is 529 g/mol. The summed E-state index contributed by atoms with van der Waals surface area (Å²) in [5, 5.41) is 8.76. The normalized spacial score (nSPS) is 12.0. The number of hydrogen-bond donors (Lipinski definition) is 2. The minimum absolute atomic E-state index is 0.117. The van der Waals surface area contributed by atoms with Gasteiger partial charge in [0.15, 0.2) is 23.3 Å². The average Bonchev–Trinajstić information content (AvgIpc) is 2.84. The summed E-state index contributed by atoms with van der Waals surface area (Å²) in [4.78, 5) is 41.2. The van der Waals surface area contributed by atoms with E-state index in [4.69, 9.17) is 22.1 Å². The van der Waals surface area contributed by atoms with Crippen molar-refractivity contribution >= 4 is 45.9 Å². The number of benzene rings is 1. The second-order valence-corrected chi connectivity index (χ2v) is 8.86. The smallest absolute Gasteiger partial charge is 0.341 e. The second-order valence-electron chi connectivity index (χ2n) is 8.49. The summed E-state index contributed by atoms with van der Waals surface area (Å²) in [5.74, 6) is -6.66. The number of esters is 1. The van der Waals surface area contributed by atoms with Crippen molar-refractivity contribution in [1.82, 2.24) is 9.55 Å². The first-order valence-electron chi connectivity index (χ1n) is 11.8. The van der Waals surface area contributed by atoms with Crippen LogP contribution in [0.4, 0.5) is 24.7 Å². The Bertz CT molecular complexity index is 1460. The van der Waals surface area contributed by atoms with E-state index in [1.54, 1.807) is 11.8 Å². The second kappa shape index (κ2) is 11.7. The van der Waals surface area contributed by atoms with E-state index in [1.807, 2.05) is 6.92 Å². The first-order chi connectivity index (χ1) is 17.9. The Morgan fingerprint density at radius 3 is 2.47 bits per heavy atom. The fourth-order valence-electron chi connectivity index (χ4n) is 4.17. The molecule has 0 aliphatic heterocycles. The number of rotatable bonds is 10. The molecule has 1 atom stereocenters. The number of carboxylic acid groups (broad SMARTS) is 1. The number of nitrogens with two attached hydrogens (primary N) is 1. The van der Waals surface area contributed by atoms with Gasteiger partial charge in [-0.1, -0.05) is 18.5 Å². The molecule has 0 saturated carbocycles. The standard InChI is InChI=1S/C25H26ClF3N4O5/c1-4-13(38-12(3)34)7-6-8-32(5-2)21-16(27)9-14-20(19(21)26)33(11-15(22(14)35)25(36)37)24-18(29)10-17(28)23(30)31-24/h9-11,13H,4-8H2,1-3H3,(H2,30,31)(H,36,37). The lowest BCUT2D eigenvalue weighted by molar-refractivity contribution is -0.146. The third-order valence-corrected chi connectivity index (χ3v) is 6.35. The molecule has 0 aliphatic carbocycles. The number of aromatic nitrogens is 2. The number of ether oxygens (including phenoxy) is 1. The maximum atomic E-state index is 15.4. The molecule has 0 amide bonds. The molecule has 0 saturated heterocycles. The van der Waals surface area contributed by atoms with Crippen LogP contribution < -0.4 is 16.1 Å². The predicted octanol–water partition coefficient (Wildman–Crippen LogP) is 4.69. The van der Waals surface area contributed by atoms with E-state index in [2.05, 4.69) is 4.98 Å². The van der Waals surface area contributed by atoms with Gasteiger partial charge >= 0.3 is 11.9 Å². The van der Waals surface area contributed by atoms with Crippen LogP contribution in [0.3, 0.4) is 0 Å². The van der Waals surface area contributed by atoms with E-state index >= 15 is 4.39 Å². The number of aromatic carboxylic acids is 1. The van der Waals surface area contributed by atoms with Crippen molar-refractivity contribution in [3.05, 3.63) is 56.6 Å². The number of anilines is 2. The van der Waals surface area contributed by atoms with Gasteiger partial charge in [-0.15, -0.1) is 0 Å². The zero-order valence-electron chi connectivity index (χ0n) is 20.9. The lowest BCUT2D eigenvalue weighted by Crippen LogP contribution is -2.28. The molecule has 3 aromatic rings. The third kappa shape index (κ3) is 5.69. The van der Waals surface area contributed by atoms with Crippen LogP contribution in [0.25, 0.3) is 16.7 Å². The van der Waals surface area contributed by atoms with Gasteiger partial charge in [0.1, 0.15) is 17.5 Å². The number of fused-ring (bicyclic) bond motifs is 1. The summed E-state index contributed by atoms with van der Waals surface area (Å²) < 4.78 is 50.1. The fraction of sp³-hybridized carbons (Fsp3) is 0.360. The number of pyridine rings is 2. The summed E-state index contributed by atoms with van der Waals surface area (Å²) in [6, 6.07) is 1.27. The van der Waals surface area contributed by atoms with Crippen molar-refractivity contribution in [2.24, 2.45) is 0 Å². The van der Waals surface area contributed by atoms with Crippen LogP contribution in [0.1, 0.15) is 50.4 Å². The van der Waals surface area contributed by atoms with Crippen LogP contribution in [0, 0.1) is 17.5 Å². The van der Waals surface area contributed by atoms with Gasteiger partial charge in [0.05, 0.1) is 21.6 Å². The van der Waals surface area contributed by atoms with Crippen LogP contribution in [-0.4, -0.2) is 45.8 Å². The Balaban J connectivity index is 2.21. The van der Waals surface area contributed by atoms with Gasteiger partial charge in [-0.05, 0) is 32.3 Å². The summed E-state index contributed by atoms with van der Waals surface area (Å²) in [6.45, 7) is 5.48. The molecule has 3 N–H and O–H groups in total. The molecule has 2 heterocycles. The minimum atomic E-state index is -1.66. The van der Waals surface area contributed by atoms with Crippen molar-refractivity contribution in [2.45, 2.75) is 46.1 Å². The molecule has 0 spiro atoms. The highest BCUT2D eigenvalue weighted by atomic mass is 35.5. The molecule has 0 bridgehead atoms. The highest BCUT2D eigenvalue weighted by Gasteiger charge is 2.26. The molecule has 3 rings (SSSR count). The van der Waals surface area contributed by atoms with Crippen molar-refractivity contribution < 1.29 is 32.6 Å². The zero-order valence-corrected chi connectivity index (χ0v) is 21.6. The van der Waals surface area contributed by atoms with E-state index in [0.29, 0.717) is 25.3 Å². The summed E-state index contributed by atoms with van der Waals surface area (Å²) >= 11 is 6.63. The first-order valence-corrected chi connectivity index (χ1v) is 12.1. The molecular formula is C25H26ClF3N4O5. The van der Waals surface area contributed by atoms with Crippen molar-refractivity contribution in [1.29, 1.82) is 0 Å². The molecule has 0 radical (unpaired) electrons. The van der Waals surface area contributed by atoms with Crippen LogP contribution >= 0.6 is 11.6 Å². The van der Waals surface area contributed by atoms with Gasteiger partial charge in [0.25, 0.3) is 0 Å². The van der Waals surface area contributed by atoms with Gasteiger partial charge < -0.3 is 20.5 Å². The van der Waals surface area contributed by atoms with Crippen molar-refractivity contribution in [3.8, 4) is 5.82 Å². The van der Waals surface area contributed by atoms with E-state index in [1.165, 1.54) is 6.92 Å². The van der Waals surface area contributed by atoms with Crippen LogP contribution in [0.2, 0.25) is 5.02 Å². The molecule has 38 heavy (non-hydrogen) atoms. The maximum Gasteiger partial charge on any atom is 0.341 e. The number of halogens is 4.